The van der Waals surface area contributed by atoms with E-state index < -0.39 is 0 Å². The second-order valence-corrected chi connectivity index (χ2v) is 4.47. The number of Topliss-reactive ketones (excluding diaryl/α,β-unsaturated/α-hetero) is 1. The minimum Gasteiger partial charge on any atom is -0.493 e. The van der Waals surface area contributed by atoms with Crippen LogP contribution in [-0.4, -0.2) is 20.0 Å². The van der Waals surface area contributed by atoms with Crippen molar-refractivity contribution in [2.24, 2.45) is 0 Å². The zero-order valence-corrected chi connectivity index (χ0v) is 11.3. The maximum atomic E-state index is 12.2. The maximum absolute atomic E-state index is 12.2. The largest absolute Gasteiger partial charge is 0.493 e. The predicted octanol–water partition coefficient (Wildman–Crippen LogP) is 2.66. The Morgan fingerprint density at radius 2 is 1.85 bits per heavy atom. The van der Waals surface area contributed by atoms with Crippen LogP contribution in [0.15, 0.2) is 65.3 Å². The van der Waals surface area contributed by atoms with Gasteiger partial charge in [0.05, 0.1) is 19.8 Å². The molecule has 0 amide bonds. The highest BCUT2D eigenvalue weighted by atomic mass is 16.5. The molecule has 1 unspecified atom stereocenters. The lowest BCUT2D eigenvalue weighted by atomic mass is 10.0. The van der Waals surface area contributed by atoms with Gasteiger partial charge in [-0.05, 0) is 11.6 Å². The molecule has 4 heteroatoms. The molecule has 4 nitrogen and oxygen atoms in total. The first-order valence-electron chi connectivity index (χ1n) is 6.27. The van der Waals surface area contributed by atoms with Crippen LogP contribution in [0.1, 0.15) is 11.7 Å². The van der Waals surface area contributed by atoms with Gasteiger partial charge in [-0.3, -0.25) is 4.79 Å². The van der Waals surface area contributed by atoms with Gasteiger partial charge in [0.1, 0.15) is 6.10 Å². The summed E-state index contributed by atoms with van der Waals surface area (Å²) < 4.78 is 16.2. The van der Waals surface area contributed by atoms with Crippen molar-refractivity contribution in [2.45, 2.75) is 6.10 Å². The molecule has 1 atom stereocenters. The highest BCUT2D eigenvalue weighted by Gasteiger charge is 2.36. The Hall–Kier alpha value is -2.49. The summed E-state index contributed by atoms with van der Waals surface area (Å²) in [5.41, 5.74) is 1.49. The smallest absolute Gasteiger partial charge is 0.231 e. The summed E-state index contributed by atoms with van der Waals surface area (Å²) in [6.07, 6.45) is 3.08. The minimum atomic E-state index is -0.278. The van der Waals surface area contributed by atoms with Crippen LogP contribution in [0.4, 0.5) is 0 Å². The zero-order valence-electron chi connectivity index (χ0n) is 11.3. The summed E-state index contributed by atoms with van der Waals surface area (Å²) in [6, 6.07) is 9.73. The fraction of sp³-hybridized carbons (Fsp3) is 0.188. The van der Waals surface area contributed by atoms with Gasteiger partial charge in [0.15, 0.2) is 17.3 Å². The minimum absolute atomic E-state index is 0.179. The lowest BCUT2D eigenvalue weighted by Gasteiger charge is -2.17. The van der Waals surface area contributed by atoms with Gasteiger partial charge in [0, 0.05) is 6.08 Å². The van der Waals surface area contributed by atoms with Crippen molar-refractivity contribution in [1.82, 2.24) is 0 Å². The molecule has 0 radical (unpaired) electrons. The number of benzene rings is 1. The monoisotopic (exact) mass is 270 g/mol. The SMILES string of the molecule is COC1=CC(OC)=C2OC(c3ccccc3)C=C2C1=O. The van der Waals surface area contributed by atoms with Crippen molar-refractivity contribution in [1.29, 1.82) is 0 Å². The Kier molecular flexibility index (Phi) is 3.06. The van der Waals surface area contributed by atoms with Gasteiger partial charge < -0.3 is 14.2 Å². The van der Waals surface area contributed by atoms with E-state index in [4.69, 9.17) is 14.2 Å². The van der Waals surface area contributed by atoms with Gasteiger partial charge in [0.25, 0.3) is 0 Å². The lowest BCUT2D eigenvalue weighted by molar-refractivity contribution is -0.115. The van der Waals surface area contributed by atoms with E-state index in [1.807, 2.05) is 30.3 Å². The van der Waals surface area contributed by atoms with Crippen LogP contribution in [0.5, 0.6) is 0 Å². The normalized spacial score (nSPS) is 20.9. The molecular weight excluding hydrogens is 256 g/mol. The molecule has 20 heavy (non-hydrogen) atoms. The molecule has 102 valence electrons. The van der Waals surface area contributed by atoms with Gasteiger partial charge in [-0.25, -0.2) is 0 Å². The van der Waals surface area contributed by atoms with E-state index >= 15 is 0 Å². The van der Waals surface area contributed by atoms with Gasteiger partial charge in [0.2, 0.25) is 5.78 Å². The molecule has 0 fully saturated rings. The average Bonchev–Trinajstić information content (AvgIpc) is 2.94. The third-order valence-corrected chi connectivity index (χ3v) is 3.33. The predicted molar refractivity (Wildman–Crippen MR) is 72.5 cm³/mol. The molecular formula is C16H14O4. The summed E-state index contributed by atoms with van der Waals surface area (Å²) in [5, 5.41) is 0. The summed E-state index contributed by atoms with van der Waals surface area (Å²) in [7, 11) is 3.01. The maximum Gasteiger partial charge on any atom is 0.231 e. The Morgan fingerprint density at radius 1 is 1.10 bits per heavy atom. The van der Waals surface area contributed by atoms with Gasteiger partial charge in [-0.15, -0.1) is 0 Å². The van der Waals surface area contributed by atoms with Gasteiger partial charge >= 0.3 is 0 Å². The van der Waals surface area contributed by atoms with Crippen LogP contribution >= 0.6 is 0 Å². The molecule has 1 aliphatic heterocycles. The van der Waals surface area contributed by atoms with E-state index in [1.54, 1.807) is 19.3 Å². The number of carbonyl (C=O) groups is 1. The van der Waals surface area contributed by atoms with E-state index in [9.17, 15) is 4.79 Å². The van der Waals surface area contributed by atoms with E-state index in [-0.39, 0.29) is 17.6 Å². The third-order valence-electron chi connectivity index (χ3n) is 3.33. The number of hydrogen-bond donors (Lipinski definition) is 0. The standard InChI is InChI=1S/C16H14O4/c1-18-13-9-14(19-2)16-11(15(13)17)8-12(20-16)10-6-4-3-5-7-10/h3-9,12H,1-2H3. The molecule has 0 bridgehead atoms. The summed E-state index contributed by atoms with van der Waals surface area (Å²) in [5.74, 6) is 1.06. The van der Waals surface area contributed by atoms with E-state index in [0.29, 0.717) is 17.1 Å². The van der Waals surface area contributed by atoms with Crippen LogP contribution in [0.3, 0.4) is 0 Å². The summed E-state index contributed by atoms with van der Waals surface area (Å²) in [4.78, 5) is 12.2. The Labute approximate surface area is 117 Å². The number of hydrogen-bond acceptors (Lipinski definition) is 4. The summed E-state index contributed by atoms with van der Waals surface area (Å²) >= 11 is 0. The molecule has 1 aromatic carbocycles. The fourth-order valence-electron chi connectivity index (χ4n) is 2.31. The van der Waals surface area contributed by atoms with Gasteiger partial charge in [-0.2, -0.15) is 0 Å². The fourth-order valence-corrected chi connectivity index (χ4v) is 2.31. The molecule has 0 N–H and O–H groups in total. The second kappa shape index (κ2) is 4.89. The third kappa shape index (κ3) is 1.90. The molecule has 0 saturated heterocycles. The molecule has 1 aromatic rings. The number of fused-ring (bicyclic) bond motifs is 1. The first-order valence-corrected chi connectivity index (χ1v) is 6.27. The number of ether oxygens (including phenoxy) is 3. The Balaban J connectivity index is 2.02. The molecule has 2 aliphatic rings. The molecule has 0 spiro atoms. The number of allylic oxidation sites excluding steroid dienone is 3. The highest BCUT2D eigenvalue weighted by molar-refractivity contribution is 6.11. The molecule has 1 heterocycles. The first kappa shape index (κ1) is 12.5. The molecule has 0 aromatic heterocycles. The van der Waals surface area contributed by atoms with Crippen molar-refractivity contribution in [3.8, 4) is 0 Å². The quantitative estimate of drug-likeness (QED) is 0.847. The molecule has 0 saturated carbocycles. The number of methoxy groups -OCH3 is 2. The van der Waals surface area contributed by atoms with E-state index in [2.05, 4.69) is 0 Å². The lowest BCUT2D eigenvalue weighted by Crippen LogP contribution is -2.15. The molecule has 1 aliphatic carbocycles. The van der Waals surface area contributed by atoms with Crippen molar-refractivity contribution in [3.05, 3.63) is 70.9 Å². The van der Waals surface area contributed by atoms with Crippen molar-refractivity contribution in [2.75, 3.05) is 14.2 Å². The molecule has 3 rings (SSSR count). The number of rotatable bonds is 3. The van der Waals surface area contributed by atoms with Crippen LogP contribution in [0.25, 0.3) is 0 Å². The van der Waals surface area contributed by atoms with Crippen LogP contribution < -0.4 is 0 Å². The first-order chi connectivity index (χ1) is 9.74. The topological polar surface area (TPSA) is 44.8 Å². The van der Waals surface area contributed by atoms with Crippen LogP contribution in [-0.2, 0) is 19.0 Å². The van der Waals surface area contributed by atoms with E-state index in [0.717, 1.165) is 5.56 Å². The Morgan fingerprint density at radius 3 is 2.50 bits per heavy atom. The second-order valence-electron chi connectivity index (χ2n) is 4.47. The van der Waals surface area contributed by atoms with Crippen molar-refractivity contribution >= 4 is 5.78 Å². The van der Waals surface area contributed by atoms with Crippen LogP contribution in [0.2, 0.25) is 0 Å². The number of ketones is 1. The number of carbonyl (C=O) groups excluding carboxylic acids is 1. The van der Waals surface area contributed by atoms with Crippen LogP contribution in [0, 0.1) is 0 Å². The van der Waals surface area contributed by atoms with Crippen molar-refractivity contribution < 1.29 is 19.0 Å². The zero-order chi connectivity index (χ0) is 14.1. The average molecular weight is 270 g/mol. The van der Waals surface area contributed by atoms with Gasteiger partial charge in [-0.1, -0.05) is 30.3 Å². The van der Waals surface area contributed by atoms with Crippen molar-refractivity contribution in [3.63, 3.8) is 0 Å². The van der Waals surface area contributed by atoms with E-state index in [1.165, 1.54) is 7.11 Å². The summed E-state index contributed by atoms with van der Waals surface area (Å²) in [6.45, 7) is 0. The highest BCUT2D eigenvalue weighted by Crippen LogP contribution is 2.39. The Bertz CT molecular complexity index is 638.